The Morgan fingerprint density at radius 3 is 1.22 bits per heavy atom. The quantitative estimate of drug-likeness (QED) is 0.0286. The fraction of sp³-hybridized carbons (Fsp3) is 0.744. The van der Waals surface area contributed by atoms with Crippen molar-refractivity contribution in [3.8, 4) is 0 Å². The second kappa shape index (κ2) is 38.2. The second-order valence-corrected chi connectivity index (χ2v) is 13.1. The van der Waals surface area contributed by atoms with E-state index in [0.717, 1.165) is 77.0 Å². The number of esters is 3. The Morgan fingerprint density at radius 2 is 0.796 bits per heavy atom. The van der Waals surface area contributed by atoms with Gasteiger partial charge >= 0.3 is 17.9 Å². The number of allylic oxidation sites excluding steroid dienone is 8. The van der Waals surface area contributed by atoms with Crippen LogP contribution in [0, 0.1) is 0 Å². The Morgan fingerprint density at radius 1 is 0.429 bits per heavy atom. The van der Waals surface area contributed by atoms with Gasteiger partial charge in [0, 0.05) is 19.3 Å². The van der Waals surface area contributed by atoms with Gasteiger partial charge in [0.25, 0.3) is 0 Å². The molecule has 0 aliphatic rings. The fourth-order valence-corrected chi connectivity index (χ4v) is 5.34. The molecule has 0 aromatic heterocycles. The summed E-state index contributed by atoms with van der Waals surface area (Å²) in [6.45, 7) is 6.30. The van der Waals surface area contributed by atoms with E-state index in [1.807, 2.05) is 0 Å². The molecule has 0 saturated heterocycles. The second-order valence-electron chi connectivity index (χ2n) is 13.1. The molecule has 0 rings (SSSR count). The van der Waals surface area contributed by atoms with E-state index in [-0.39, 0.29) is 37.5 Å². The molecule has 0 aliphatic carbocycles. The smallest absolute Gasteiger partial charge is 0.306 e. The van der Waals surface area contributed by atoms with Crippen LogP contribution in [0.15, 0.2) is 48.6 Å². The summed E-state index contributed by atoms with van der Waals surface area (Å²) in [4.78, 5) is 37.4. The first kappa shape index (κ1) is 46.4. The molecule has 0 saturated carbocycles. The van der Waals surface area contributed by atoms with Crippen molar-refractivity contribution in [3.05, 3.63) is 48.6 Å². The minimum Gasteiger partial charge on any atom is -0.462 e. The van der Waals surface area contributed by atoms with E-state index in [9.17, 15) is 14.4 Å². The van der Waals surface area contributed by atoms with Gasteiger partial charge in [-0.25, -0.2) is 0 Å². The van der Waals surface area contributed by atoms with Gasteiger partial charge in [-0.15, -0.1) is 0 Å². The molecule has 0 amide bonds. The molecule has 6 heteroatoms. The maximum absolute atomic E-state index is 12.6. The third-order valence-electron chi connectivity index (χ3n) is 8.33. The topological polar surface area (TPSA) is 78.9 Å². The van der Waals surface area contributed by atoms with Crippen molar-refractivity contribution in [2.75, 3.05) is 13.2 Å². The van der Waals surface area contributed by atoms with Crippen molar-refractivity contribution in [1.29, 1.82) is 0 Å². The van der Waals surface area contributed by atoms with Crippen LogP contribution in [0.5, 0.6) is 0 Å². The van der Waals surface area contributed by atoms with Gasteiger partial charge in [-0.05, 0) is 70.6 Å². The predicted octanol–water partition coefficient (Wildman–Crippen LogP) is 12.4. The zero-order chi connectivity index (χ0) is 35.9. The molecule has 282 valence electrons. The predicted molar refractivity (Wildman–Crippen MR) is 205 cm³/mol. The maximum Gasteiger partial charge on any atom is 0.306 e. The highest BCUT2D eigenvalue weighted by Crippen LogP contribution is 2.14. The highest BCUT2D eigenvalue weighted by atomic mass is 16.6. The minimum absolute atomic E-state index is 0.0956. The van der Waals surface area contributed by atoms with Crippen LogP contribution in [-0.2, 0) is 28.6 Å². The van der Waals surface area contributed by atoms with E-state index in [4.69, 9.17) is 14.2 Å². The lowest BCUT2D eigenvalue weighted by atomic mass is 10.0. The number of carbonyl (C=O) groups excluding carboxylic acids is 3. The summed E-state index contributed by atoms with van der Waals surface area (Å²) in [7, 11) is 0. The highest BCUT2D eigenvalue weighted by molar-refractivity contribution is 5.71. The normalized spacial score (nSPS) is 12.5. The van der Waals surface area contributed by atoms with Crippen molar-refractivity contribution in [2.45, 2.75) is 194 Å². The molecule has 49 heavy (non-hydrogen) atoms. The van der Waals surface area contributed by atoms with Gasteiger partial charge < -0.3 is 14.2 Å². The van der Waals surface area contributed by atoms with Crippen LogP contribution in [0.1, 0.15) is 188 Å². The van der Waals surface area contributed by atoms with E-state index in [1.54, 1.807) is 0 Å². The van der Waals surface area contributed by atoms with Crippen LogP contribution < -0.4 is 0 Å². The molecule has 0 N–H and O–H groups in total. The summed E-state index contributed by atoms with van der Waals surface area (Å²) in [5, 5.41) is 0. The first-order valence-electron chi connectivity index (χ1n) is 20.1. The first-order chi connectivity index (χ1) is 24.0. The Hall–Kier alpha value is -2.63. The van der Waals surface area contributed by atoms with E-state index >= 15 is 0 Å². The molecule has 6 nitrogen and oxygen atoms in total. The van der Waals surface area contributed by atoms with E-state index in [0.29, 0.717) is 19.3 Å². The van der Waals surface area contributed by atoms with Gasteiger partial charge in [-0.2, -0.15) is 0 Å². The average molecular weight is 687 g/mol. The lowest BCUT2D eigenvalue weighted by Crippen LogP contribution is -2.30. The van der Waals surface area contributed by atoms with E-state index < -0.39 is 6.10 Å². The standard InChI is InChI=1S/C43H74O6/c1-4-7-10-13-16-19-20-21-22-25-27-30-33-36-42(45)48-39-40(49-43(46)37-34-31-28-24-18-15-12-9-6-3)38-47-41(44)35-32-29-26-23-17-14-11-8-5-2/h8-9,11-12,17-18,23-24,40H,4-7,10,13-16,19-22,25-39H2,1-3H3/b11-8-,12-9-,23-17-,24-18-. The van der Waals surface area contributed by atoms with Gasteiger partial charge in [0.1, 0.15) is 13.2 Å². The van der Waals surface area contributed by atoms with Crippen LogP contribution >= 0.6 is 0 Å². The fourth-order valence-electron chi connectivity index (χ4n) is 5.34. The van der Waals surface area contributed by atoms with Crippen LogP contribution in [0.2, 0.25) is 0 Å². The lowest BCUT2D eigenvalue weighted by Gasteiger charge is -2.18. The van der Waals surface area contributed by atoms with Gasteiger partial charge in [-0.1, -0.05) is 146 Å². The monoisotopic (exact) mass is 687 g/mol. The van der Waals surface area contributed by atoms with Gasteiger partial charge in [-0.3, -0.25) is 14.4 Å². The largest absolute Gasteiger partial charge is 0.462 e. The zero-order valence-corrected chi connectivity index (χ0v) is 31.9. The molecule has 0 bridgehead atoms. The molecule has 0 fully saturated rings. The van der Waals surface area contributed by atoms with E-state index in [1.165, 1.54) is 64.2 Å². The van der Waals surface area contributed by atoms with Crippen LogP contribution in [0.25, 0.3) is 0 Å². The van der Waals surface area contributed by atoms with Crippen molar-refractivity contribution in [3.63, 3.8) is 0 Å². The van der Waals surface area contributed by atoms with Gasteiger partial charge in [0.15, 0.2) is 6.10 Å². The molecular formula is C43H74O6. The molecule has 1 atom stereocenters. The lowest BCUT2D eigenvalue weighted by molar-refractivity contribution is -0.167. The van der Waals surface area contributed by atoms with Crippen molar-refractivity contribution < 1.29 is 28.6 Å². The molecule has 0 radical (unpaired) electrons. The third-order valence-corrected chi connectivity index (χ3v) is 8.33. The van der Waals surface area contributed by atoms with Crippen LogP contribution in [0.4, 0.5) is 0 Å². The zero-order valence-electron chi connectivity index (χ0n) is 31.9. The molecular weight excluding hydrogens is 612 g/mol. The van der Waals surface area contributed by atoms with Gasteiger partial charge in [0.05, 0.1) is 0 Å². The number of ether oxygens (including phenoxy) is 3. The summed E-state index contributed by atoms with van der Waals surface area (Å²) in [6, 6.07) is 0. The maximum atomic E-state index is 12.6. The molecule has 0 aliphatic heterocycles. The van der Waals surface area contributed by atoms with Gasteiger partial charge in [0.2, 0.25) is 0 Å². The SMILES string of the molecule is CC/C=C\C/C=C\CCCCC(=O)OCC(COC(=O)CCCCCCCCCCCCCCC)OC(=O)CCCC/C=C\C/C=C\CC. The average Bonchev–Trinajstić information content (AvgIpc) is 3.10. The molecule has 0 aromatic rings. The summed E-state index contributed by atoms with van der Waals surface area (Å²) in [5.41, 5.74) is 0. The highest BCUT2D eigenvalue weighted by Gasteiger charge is 2.19. The molecule has 1 unspecified atom stereocenters. The number of rotatable bonds is 35. The number of hydrogen-bond acceptors (Lipinski definition) is 6. The summed E-state index contributed by atoms with van der Waals surface area (Å²) >= 11 is 0. The van der Waals surface area contributed by atoms with Crippen LogP contribution in [0.3, 0.4) is 0 Å². The number of carbonyl (C=O) groups is 3. The molecule has 0 heterocycles. The molecule has 0 spiro atoms. The summed E-state index contributed by atoms with van der Waals surface area (Å²) < 4.78 is 16.5. The van der Waals surface area contributed by atoms with Crippen molar-refractivity contribution >= 4 is 17.9 Å². The van der Waals surface area contributed by atoms with Crippen molar-refractivity contribution in [1.82, 2.24) is 0 Å². The first-order valence-corrected chi connectivity index (χ1v) is 20.1. The minimum atomic E-state index is -0.795. The van der Waals surface area contributed by atoms with E-state index in [2.05, 4.69) is 69.4 Å². The third kappa shape index (κ3) is 36.5. The summed E-state index contributed by atoms with van der Waals surface area (Å²) in [5.74, 6) is -0.979. The Labute approximate surface area is 301 Å². The number of hydrogen-bond donors (Lipinski definition) is 0. The van der Waals surface area contributed by atoms with Crippen LogP contribution in [-0.4, -0.2) is 37.2 Å². The Bertz CT molecular complexity index is 887. The Kier molecular flexibility index (Phi) is 36.1. The number of unbranched alkanes of at least 4 members (excludes halogenated alkanes) is 16. The molecule has 0 aromatic carbocycles. The van der Waals surface area contributed by atoms with Crippen molar-refractivity contribution in [2.24, 2.45) is 0 Å². The Balaban J connectivity index is 4.40. The summed E-state index contributed by atoms with van der Waals surface area (Å²) in [6.07, 6.45) is 42.6.